The number of carbonyl (C=O) groups is 1. The maximum Gasteiger partial charge on any atom is 0.244 e. The Morgan fingerprint density at radius 2 is 1.94 bits per heavy atom. The molecule has 164 valence electrons. The summed E-state index contributed by atoms with van der Waals surface area (Å²) in [7, 11) is -3.48. The first kappa shape index (κ1) is 21.9. The summed E-state index contributed by atoms with van der Waals surface area (Å²) >= 11 is 1.30. The number of pyridine rings is 1. The Morgan fingerprint density at radius 1 is 1.13 bits per heavy atom. The van der Waals surface area contributed by atoms with Crippen LogP contribution in [0.1, 0.15) is 24.8 Å². The molecule has 1 amide bonds. The Balaban J connectivity index is 1.24. The number of aromatic amines is 1. The highest BCUT2D eigenvalue weighted by molar-refractivity contribution is 7.99. The second-order valence-electron chi connectivity index (χ2n) is 7.55. The van der Waals surface area contributed by atoms with Crippen LogP contribution >= 0.6 is 11.8 Å². The smallest absolute Gasteiger partial charge is 0.244 e. The first-order chi connectivity index (χ1) is 15.0. The minimum Gasteiger partial charge on any atom is -0.361 e. The summed E-state index contributed by atoms with van der Waals surface area (Å²) in [5.41, 5.74) is 2.27. The molecule has 0 aliphatic carbocycles. The summed E-state index contributed by atoms with van der Waals surface area (Å²) in [4.78, 5) is 19.9. The molecule has 1 saturated heterocycles. The largest absolute Gasteiger partial charge is 0.361 e. The fraction of sp³-hybridized carbons (Fsp3) is 0.364. The number of benzene rings is 1. The van der Waals surface area contributed by atoms with Crippen LogP contribution in [-0.2, 0) is 21.2 Å². The molecule has 0 spiro atoms. The third-order valence-electron chi connectivity index (χ3n) is 5.40. The van der Waals surface area contributed by atoms with Crippen LogP contribution in [0.2, 0.25) is 0 Å². The molecule has 0 atom stereocenters. The fourth-order valence-corrected chi connectivity index (χ4v) is 5.86. The molecule has 7 nitrogen and oxygen atoms in total. The topological polar surface area (TPSA) is 95.2 Å². The van der Waals surface area contributed by atoms with Crippen molar-refractivity contribution >= 4 is 38.6 Å². The van der Waals surface area contributed by atoms with E-state index >= 15 is 0 Å². The molecule has 1 aliphatic heterocycles. The van der Waals surface area contributed by atoms with Crippen LogP contribution in [0.25, 0.3) is 10.9 Å². The molecule has 3 aromatic rings. The highest BCUT2D eigenvalue weighted by atomic mass is 32.2. The van der Waals surface area contributed by atoms with Gasteiger partial charge < -0.3 is 10.3 Å². The minimum absolute atomic E-state index is 0.0725. The molecule has 2 aromatic heterocycles. The molecule has 1 aromatic carbocycles. The number of sulfonamides is 1. The van der Waals surface area contributed by atoms with Crippen molar-refractivity contribution in [3.05, 3.63) is 54.4 Å². The Labute approximate surface area is 186 Å². The molecule has 4 rings (SSSR count). The maximum atomic E-state index is 12.7. The standard InChI is InChI=1S/C22H26N4O3S2/c27-21(23-11-10-17-14-24-20-7-3-2-6-19(17)20)16-30-22-9-8-18(15-25-22)31(28,29)26-12-4-1-5-13-26/h2-3,6-9,14-15,24H,1,4-5,10-13,16H2,(H,23,27). The second kappa shape index (κ2) is 9.84. The van der Waals surface area contributed by atoms with Gasteiger partial charge in [-0.3, -0.25) is 4.79 Å². The molecule has 9 heteroatoms. The van der Waals surface area contributed by atoms with Gasteiger partial charge in [0.1, 0.15) is 4.90 Å². The van der Waals surface area contributed by atoms with Gasteiger partial charge in [-0.25, -0.2) is 13.4 Å². The van der Waals surface area contributed by atoms with Gasteiger partial charge in [-0.05, 0) is 43.0 Å². The highest BCUT2D eigenvalue weighted by Crippen LogP contribution is 2.22. The molecule has 0 bridgehead atoms. The van der Waals surface area contributed by atoms with E-state index in [-0.39, 0.29) is 16.6 Å². The molecule has 0 saturated carbocycles. The first-order valence-corrected chi connectivity index (χ1v) is 12.9. The number of H-pyrrole nitrogens is 1. The molecule has 1 fully saturated rings. The number of fused-ring (bicyclic) bond motifs is 1. The number of nitrogens with one attached hydrogen (secondary N) is 2. The fourth-order valence-electron chi connectivity index (χ4n) is 3.72. The zero-order chi connectivity index (χ0) is 21.7. The van der Waals surface area contributed by atoms with Crippen LogP contribution < -0.4 is 5.32 Å². The van der Waals surface area contributed by atoms with Crippen LogP contribution in [0, 0.1) is 0 Å². The van der Waals surface area contributed by atoms with E-state index in [0.717, 1.165) is 31.2 Å². The molecular formula is C22H26N4O3S2. The Morgan fingerprint density at radius 3 is 2.71 bits per heavy atom. The predicted molar refractivity (Wildman–Crippen MR) is 123 cm³/mol. The van der Waals surface area contributed by atoms with Crippen molar-refractivity contribution in [3.8, 4) is 0 Å². The zero-order valence-electron chi connectivity index (χ0n) is 17.2. The highest BCUT2D eigenvalue weighted by Gasteiger charge is 2.26. The van der Waals surface area contributed by atoms with Gasteiger partial charge in [-0.1, -0.05) is 36.4 Å². The lowest BCUT2D eigenvalue weighted by molar-refractivity contribution is -0.118. The molecule has 31 heavy (non-hydrogen) atoms. The van der Waals surface area contributed by atoms with Gasteiger partial charge >= 0.3 is 0 Å². The Kier molecular flexibility index (Phi) is 6.94. The normalized spacial score (nSPS) is 15.2. The summed E-state index contributed by atoms with van der Waals surface area (Å²) in [5.74, 6) is 0.163. The number of para-hydroxylation sites is 1. The molecule has 0 radical (unpaired) electrons. The van der Waals surface area contributed by atoms with Crippen LogP contribution in [0.3, 0.4) is 0 Å². The number of piperidine rings is 1. The van der Waals surface area contributed by atoms with E-state index in [1.807, 2.05) is 24.4 Å². The summed E-state index contributed by atoms with van der Waals surface area (Å²) in [6.45, 7) is 1.69. The van der Waals surface area contributed by atoms with Crippen molar-refractivity contribution in [2.45, 2.75) is 35.6 Å². The summed E-state index contributed by atoms with van der Waals surface area (Å²) in [5, 5.41) is 4.74. The van der Waals surface area contributed by atoms with Crippen molar-refractivity contribution in [2.24, 2.45) is 0 Å². The van der Waals surface area contributed by atoms with Crippen molar-refractivity contribution < 1.29 is 13.2 Å². The molecular weight excluding hydrogens is 432 g/mol. The monoisotopic (exact) mass is 458 g/mol. The lowest BCUT2D eigenvalue weighted by atomic mass is 10.1. The van der Waals surface area contributed by atoms with Crippen molar-refractivity contribution in [1.29, 1.82) is 0 Å². The Hall–Kier alpha value is -2.36. The van der Waals surface area contributed by atoms with Gasteiger partial charge in [0.05, 0.1) is 10.8 Å². The third-order valence-corrected chi connectivity index (χ3v) is 8.23. The molecule has 2 N–H and O–H groups in total. The van der Waals surface area contributed by atoms with Crippen molar-refractivity contribution in [1.82, 2.24) is 19.6 Å². The summed E-state index contributed by atoms with van der Waals surface area (Å²) in [6.07, 6.45) is 6.99. The molecule has 0 unspecified atom stereocenters. The zero-order valence-corrected chi connectivity index (χ0v) is 18.8. The van der Waals surface area contributed by atoms with E-state index in [9.17, 15) is 13.2 Å². The van der Waals surface area contributed by atoms with E-state index in [0.29, 0.717) is 24.7 Å². The van der Waals surface area contributed by atoms with Gasteiger partial charge in [0, 0.05) is 42.9 Å². The summed E-state index contributed by atoms with van der Waals surface area (Å²) < 4.78 is 26.9. The first-order valence-electron chi connectivity index (χ1n) is 10.4. The van der Waals surface area contributed by atoms with Crippen molar-refractivity contribution in [3.63, 3.8) is 0 Å². The minimum atomic E-state index is -3.48. The van der Waals surface area contributed by atoms with Gasteiger partial charge in [-0.2, -0.15) is 4.31 Å². The van der Waals surface area contributed by atoms with Gasteiger partial charge in [0.25, 0.3) is 0 Å². The number of hydrogen-bond donors (Lipinski definition) is 2. The average molecular weight is 459 g/mol. The van der Waals surface area contributed by atoms with Crippen LogP contribution in [0.15, 0.2) is 58.7 Å². The lowest BCUT2D eigenvalue weighted by Crippen LogP contribution is -2.35. The number of thioether (sulfide) groups is 1. The van der Waals surface area contributed by atoms with E-state index in [1.54, 1.807) is 12.1 Å². The number of amides is 1. The van der Waals surface area contributed by atoms with Crippen molar-refractivity contribution in [2.75, 3.05) is 25.4 Å². The van der Waals surface area contributed by atoms with Crippen LogP contribution in [0.5, 0.6) is 0 Å². The van der Waals surface area contributed by atoms with Crippen LogP contribution in [-0.4, -0.2) is 54.0 Å². The van der Waals surface area contributed by atoms with E-state index in [1.165, 1.54) is 33.2 Å². The lowest BCUT2D eigenvalue weighted by Gasteiger charge is -2.25. The maximum absolute atomic E-state index is 12.7. The van der Waals surface area contributed by atoms with Gasteiger partial charge in [-0.15, -0.1) is 0 Å². The molecule has 3 heterocycles. The Bertz CT molecular complexity index is 1140. The SMILES string of the molecule is O=C(CSc1ccc(S(=O)(=O)N2CCCCC2)cn1)NCCc1c[nH]c2ccccc12. The van der Waals surface area contributed by atoms with Gasteiger partial charge in [0.2, 0.25) is 15.9 Å². The quantitative estimate of drug-likeness (QED) is 0.506. The number of aromatic nitrogens is 2. The third kappa shape index (κ3) is 5.28. The summed E-state index contributed by atoms with van der Waals surface area (Å²) in [6, 6.07) is 11.3. The molecule has 1 aliphatic rings. The number of hydrogen-bond acceptors (Lipinski definition) is 5. The van der Waals surface area contributed by atoms with Crippen LogP contribution in [0.4, 0.5) is 0 Å². The van der Waals surface area contributed by atoms with E-state index in [2.05, 4.69) is 21.4 Å². The predicted octanol–water partition coefficient (Wildman–Crippen LogP) is 3.19. The number of nitrogens with zero attached hydrogens (tertiary/aromatic N) is 2. The number of rotatable bonds is 8. The second-order valence-corrected chi connectivity index (χ2v) is 10.5. The average Bonchev–Trinajstić information content (AvgIpc) is 3.22. The van der Waals surface area contributed by atoms with E-state index < -0.39 is 10.0 Å². The van der Waals surface area contributed by atoms with Gasteiger partial charge in [0.15, 0.2) is 0 Å². The number of carbonyl (C=O) groups excluding carboxylic acids is 1. The van der Waals surface area contributed by atoms with E-state index in [4.69, 9.17) is 0 Å².